The molecule has 3 aromatic rings. The SMILES string of the molecule is Cn1c(SCC(=O)N/N=C/c2ccco2)nc2ccccc21. The van der Waals surface area contributed by atoms with Crippen LogP contribution in [0.2, 0.25) is 0 Å². The summed E-state index contributed by atoms with van der Waals surface area (Å²) in [6.45, 7) is 0. The van der Waals surface area contributed by atoms with E-state index in [0.717, 1.165) is 16.2 Å². The molecule has 0 aliphatic carbocycles. The molecule has 1 amide bonds. The number of furan rings is 1. The minimum Gasteiger partial charge on any atom is -0.463 e. The number of imidazole rings is 1. The quantitative estimate of drug-likeness (QED) is 0.446. The lowest BCUT2D eigenvalue weighted by molar-refractivity contribution is -0.118. The highest BCUT2D eigenvalue weighted by molar-refractivity contribution is 7.99. The Morgan fingerprint density at radius 2 is 2.27 bits per heavy atom. The molecule has 0 aliphatic heterocycles. The molecule has 3 rings (SSSR count). The van der Waals surface area contributed by atoms with Gasteiger partial charge in [-0.2, -0.15) is 5.10 Å². The molecule has 0 fully saturated rings. The molecule has 0 aliphatic rings. The summed E-state index contributed by atoms with van der Waals surface area (Å²) in [7, 11) is 1.94. The third kappa shape index (κ3) is 3.20. The van der Waals surface area contributed by atoms with Gasteiger partial charge in [0.2, 0.25) is 0 Å². The Balaban J connectivity index is 1.57. The highest BCUT2D eigenvalue weighted by Gasteiger charge is 2.09. The maximum absolute atomic E-state index is 11.8. The summed E-state index contributed by atoms with van der Waals surface area (Å²) in [5.41, 5.74) is 4.42. The molecule has 1 aromatic carbocycles. The Morgan fingerprint density at radius 1 is 1.41 bits per heavy atom. The van der Waals surface area contributed by atoms with E-state index >= 15 is 0 Å². The van der Waals surface area contributed by atoms with Gasteiger partial charge in [-0.05, 0) is 24.3 Å². The van der Waals surface area contributed by atoms with Crippen LogP contribution in [-0.2, 0) is 11.8 Å². The van der Waals surface area contributed by atoms with Crippen LogP contribution in [0.15, 0.2) is 57.3 Å². The normalized spacial score (nSPS) is 11.3. The van der Waals surface area contributed by atoms with E-state index in [9.17, 15) is 4.79 Å². The standard InChI is InChI=1S/C15H14N4O2S/c1-19-13-7-3-2-6-12(13)17-15(19)22-10-14(20)18-16-9-11-5-4-8-21-11/h2-9H,10H2,1H3,(H,18,20)/b16-9+. The van der Waals surface area contributed by atoms with Crippen LogP contribution in [0.3, 0.4) is 0 Å². The molecule has 2 heterocycles. The Hall–Kier alpha value is -2.54. The van der Waals surface area contributed by atoms with Crippen molar-refractivity contribution in [1.29, 1.82) is 0 Å². The highest BCUT2D eigenvalue weighted by Crippen LogP contribution is 2.22. The molecule has 2 aromatic heterocycles. The smallest absolute Gasteiger partial charge is 0.250 e. The zero-order chi connectivity index (χ0) is 15.4. The fourth-order valence-corrected chi connectivity index (χ4v) is 2.73. The summed E-state index contributed by atoms with van der Waals surface area (Å²) in [4.78, 5) is 16.3. The van der Waals surface area contributed by atoms with E-state index in [1.165, 1.54) is 18.0 Å². The Morgan fingerprint density at radius 3 is 3.05 bits per heavy atom. The van der Waals surface area contributed by atoms with E-state index in [0.29, 0.717) is 5.76 Å². The number of hydrogen-bond acceptors (Lipinski definition) is 5. The number of hydrazone groups is 1. The number of carbonyl (C=O) groups is 1. The molecule has 0 saturated heterocycles. The largest absolute Gasteiger partial charge is 0.463 e. The lowest BCUT2D eigenvalue weighted by Crippen LogP contribution is -2.19. The van der Waals surface area contributed by atoms with E-state index in [4.69, 9.17) is 4.42 Å². The Kier molecular flexibility index (Phi) is 4.24. The van der Waals surface area contributed by atoms with Crippen molar-refractivity contribution in [2.75, 3.05) is 5.75 Å². The minimum atomic E-state index is -0.195. The average Bonchev–Trinajstić information content (AvgIpc) is 3.14. The van der Waals surface area contributed by atoms with Gasteiger partial charge < -0.3 is 8.98 Å². The van der Waals surface area contributed by atoms with E-state index in [1.54, 1.807) is 18.4 Å². The van der Waals surface area contributed by atoms with Crippen LogP contribution < -0.4 is 5.43 Å². The first-order valence-electron chi connectivity index (χ1n) is 6.64. The molecule has 0 radical (unpaired) electrons. The second-order valence-corrected chi connectivity index (χ2v) is 5.48. The number of rotatable bonds is 5. The van der Waals surface area contributed by atoms with Crippen LogP contribution in [0.1, 0.15) is 5.76 Å². The van der Waals surface area contributed by atoms with Crippen molar-refractivity contribution in [1.82, 2.24) is 15.0 Å². The van der Waals surface area contributed by atoms with Gasteiger partial charge in [0.25, 0.3) is 5.91 Å². The second-order valence-electron chi connectivity index (χ2n) is 4.54. The molecule has 0 bridgehead atoms. The van der Waals surface area contributed by atoms with Gasteiger partial charge in [0, 0.05) is 7.05 Å². The average molecular weight is 314 g/mol. The summed E-state index contributed by atoms with van der Waals surface area (Å²) in [6, 6.07) is 11.4. The molecule has 0 spiro atoms. The second kappa shape index (κ2) is 6.48. The summed E-state index contributed by atoms with van der Waals surface area (Å²) in [5, 5.41) is 4.63. The Labute approximate surface area is 131 Å². The zero-order valence-corrected chi connectivity index (χ0v) is 12.7. The van der Waals surface area contributed by atoms with Crippen LogP contribution in [0.5, 0.6) is 0 Å². The molecule has 7 heteroatoms. The van der Waals surface area contributed by atoms with Crippen molar-refractivity contribution in [2.24, 2.45) is 12.1 Å². The fraction of sp³-hybridized carbons (Fsp3) is 0.133. The van der Waals surface area contributed by atoms with Gasteiger partial charge in [-0.25, -0.2) is 10.4 Å². The topological polar surface area (TPSA) is 72.4 Å². The number of hydrogen-bond donors (Lipinski definition) is 1. The van der Waals surface area contributed by atoms with E-state index < -0.39 is 0 Å². The van der Waals surface area contributed by atoms with E-state index in [2.05, 4.69) is 15.5 Å². The third-order valence-electron chi connectivity index (χ3n) is 3.00. The molecule has 22 heavy (non-hydrogen) atoms. The maximum atomic E-state index is 11.8. The summed E-state index contributed by atoms with van der Waals surface area (Å²) in [6.07, 6.45) is 3.00. The van der Waals surface area contributed by atoms with Crippen molar-refractivity contribution < 1.29 is 9.21 Å². The number of amides is 1. The number of carbonyl (C=O) groups excluding carboxylic acids is 1. The zero-order valence-electron chi connectivity index (χ0n) is 11.9. The van der Waals surface area contributed by atoms with Crippen LogP contribution in [0.4, 0.5) is 0 Å². The Bertz CT molecular complexity index is 808. The highest BCUT2D eigenvalue weighted by atomic mass is 32.2. The lowest BCUT2D eigenvalue weighted by atomic mass is 10.3. The van der Waals surface area contributed by atoms with E-state index in [-0.39, 0.29) is 11.7 Å². The maximum Gasteiger partial charge on any atom is 0.250 e. The van der Waals surface area contributed by atoms with Crippen LogP contribution in [0.25, 0.3) is 11.0 Å². The van der Waals surface area contributed by atoms with Crippen molar-refractivity contribution in [2.45, 2.75) is 5.16 Å². The first-order chi connectivity index (χ1) is 10.7. The van der Waals surface area contributed by atoms with Gasteiger partial charge in [-0.15, -0.1) is 0 Å². The molecule has 0 unspecified atom stereocenters. The number of fused-ring (bicyclic) bond motifs is 1. The predicted molar refractivity (Wildman–Crippen MR) is 85.9 cm³/mol. The summed E-state index contributed by atoms with van der Waals surface area (Å²) < 4.78 is 7.05. The first-order valence-corrected chi connectivity index (χ1v) is 7.62. The van der Waals surface area contributed by atoms with Crippen molar-refractivity contribution >= 4 is 34.9 Å². The number of para-hydroxylation sites is 2. The predicted octanol–water partition coefficient (Wildman–Crippen LogP) is 2.41. The molecular formula is C15H14N4O2S. The lowest BCUT2D eigenvalue weighted by Gasteiger charge is -2.01. The number of benzene rings is 1. The number of aromatic nitrogens is 2. The van der Waals surface area contributed by atoms with Gasteiger partial charge in [0.05, 0.1) is 29.3 Å². The van der Waals surface area contributed by atoms with Crippen molar-refractivity contribution in [3.05, 3.63) is 48.4 Å². The number of nitrogens with zero attached hydrogens (tertiary/aromatic N) is 3. The van der Waals surface area contributed by atoms with Gasteiger partial charge in [0.1, 0.15) is 5.76 Å². The molecule has 6 nitrogen and oxygen atoms in total. The van der Waals surface area contributed by atoms with Crippen LogP contribution >= 0.6 is 11.8 Å². The fourth-order valence-electron chi connectivity index (χ4n) is 1.95. The number of thioether (sulfide) groups is 1. The molecule has 0 saturated carbocycles. The van der Waals surface area contributed by atoms with Gasteiger partial charge in [-0.1, -0.05) is 23.9 Å². The molecule has 112 valence electrons. The number of aryl methyl sites for hydroxylation is 1. The van der Waals surface area contributed by atoms with Gasteiger partial charge in [-0.3, -0.25) is 4.79 Å². The summed E-state index contributed by atoms with van der Waals surface area (Å²) >= 11 is 1.37. The van der Waals surface area contributed by atoms with Crippen molar-refractivity contribution in [3.63, 3.8) is 0 Å². The van der Waals surface area contributed by atoms with Gasteiger partial charge >= 0.3 is 0 Å². The van der Waals surface area contributed by atoms with Crippen molar-refractivity contribution in [3.8, 4) is 0 Å². The minimum absolute atomic E-state index is 0.195. The van der Waals surface area contributed by atoms with Crippen LogP contribution in [0, 0.1) is 0 Å². The third-order valence-corrected chi connectivity index (χ3v) is 4.03. The van der Waals surface area contributed by atoms with Gasteiger partial charge in [0.15, 0.2) is 5.16 Å². The summed E-state index contributed by atoms with van der Waals surface area (Å²) in [5.74, 6) is 0.635. The molecule has 1 N–H and O–H groups in total. The van der Waals surface area contributed by atoms with Crippen LogP contribution in [-0.4, -0.2) is 27.4 Å². The number of nitrogens with one attached hydrogen (secondary N) is 1. The monoisotopic (exact) mass is 314 g/mol. The molecule has 0 atom stereocenters. The first kappa shape index (κ1) is 14.4. The molecular weight excluding hydrogens is 300 g/mol. The van der Waals surface area contributed by atoms with E-state index in [1.807, 2.05) is 35.9 Å².